The second kappa shape index (κ2) is 8.05. The number of pyridine rings is 1. The molecule has 0 aliphatic heterocycles. The molecule has 2 aromatic rings. The minimum absolute atomic E-state index is 0.00262. The molecule has 0 radical (unpaired) electrons. The molecular formula is C16H12F3N3O3S. The highest BCUT2D eigenvalue weighted by molar-refractivity contribution is 7.99. The van der Waals surface area contributed by atoms with Gasteiger partial charge in [0.2, 0.25) is 0 Å². The number of nitro groups is 1. The minimum atomic E-state index is -4.66. The van der Waals surface area contributed by atoms with Gasteiger partial charge >= 0.3 is 11.9 Å². The van der Waals surface area contributed by atoms with Gasteiger partial charge in [0.25, 0.3) is 0 Å². The quantitative estimate of drug-likeness (QED) is 0.319. The Labute approximate surface area is 150 Å². The number of nitro benzene ring substituents is 1. The number of benzene rings is 1. The van der Waals surface area contributed by atoms with Gasteiger partial charge in [0.1, 0.15) is 11.1 Å². The van der Waals surface area contributed by atoms with E-state index in [1.165, 1.54) is 25.1 Å². The Kier molecular flexibility index (Phi) is 6.05. The van der Waals surface area contributed by atoms with E-state index in [4.69, 9.17) is 10.00 Å². The summed E-state index contributed by atoms with van der Waals surface area (Å²) in [5, 5.41) is 19.9. The number of ether oxygens (including phenoxy) is 1. The van der Waals surface area contributed by atoms with Crippen LogP contribution in [0.2, 0.25) is 0 Å². The van der Waals surface area contributed by atoms with Crippen molar-refractivity contribution in [3.8, 4) is 11.8 Å². The lowest BCUT2D eigenvalue weighted by molar-refractivity contribution is -0.385. The lowest BCUT2D eigenvalue weighted by atomic mass is 10.1. The standard InChI is InChI=1S/C16H12F3N3O3S/c1-10-8-12(16(17,18)19)11(9-20)15(21-10)26-7-6-25-14-5-3-2-4-13(14)22(23)24/h2-5,8H,6-7H2,1H3. The molecule has 0 aliphatic carbocycles. The van der Waals surface area contributed by atoms with Crippen molar-refractivity contribution in [3.63, 3.8) is 0 Å². The Hall–Kier alpha value is -2.80. The number of halogens is 3. The van der Waals surface area contributed by atoms with Gasteiger partial charge in [-0.05, 0) is 19.1 Å². The van der Waals surface area contributed by atoms with Crippen LogP contribution < -0.4 is 4.74 Å². The van der Waals surface area contributed by atoms with Crippen LogP contribution in [-0.4, -0.2) is 22.3 Å². The summed E-state index contributed by atoms with van der Waals surface area (Å²) in [4.78, 5) is 14.3. The lowest BCUT2D eigenvalue weighted by Crippen LogP contribution is -2.11. The topological polar surface area (TPSA) is 89.0 Å². The van der Waals surface area contributed by atoms with E-state index < -0.39 is 22.2 Å². The van der Waals surface area contributed by atoms with Gasteiger partial charge in [-0.2, -0.15) is 18.4 Å². The number of alkyl halides is 3. The molecule has 2 rings (SSSR count). The van der Waals surface area contributed by atoms with Crippen LogP contribution in [0.25, 0.3) is 0 Å². The van der Waals surface area contributed by atoms with Crippen LogP contribution in [0.5, 0.6) is 5.75 Å². The van der Waals surface area contributed by atoms with Gasteiger partial charge in [0.15, 0.2) is 5.75 Å². The molecule has 0 fully saturated rings. The Morgan fingerprint density at radius 1 is 1.38 bits per heavy atom. The van der Waals surface area contributed by atoms with E-state index in [0.717, 1.165) is 17.8 Å². The Morgan fingerprint density at radius 2 is 2.08 bits per heavy atom. The van der Waals surface area contributed by atoms with Gasteiger partial charge in [-0.15, -0.1) is 11.8 Å². The Bertz CT molecular complexity index is 866. The van der Waals surface area contributed by atoms with Crippen LogP contribution in [-0.2, 0) is 6.18 Å². The average Bonchev–Trinajstić information content (AvgIpc) is 2.57. The first kappa shape index (κ1) is 19.5. The van der Waals surface area contributed by atoms with Crippen molar-refractivity contribution in [2.24, 2.45) is 0 Å². The molecule has 0 bridgehead atoms. The van der Waals surface area contributed by atoms with E-state index in [2.05, 4.69) is 4.98 Å². The van der Waals surface area contributed by atoms with Crippen molar-refractivity contribution in [1.29, 1.82) is 5.26 Å². The van der Waals surface area contributed by atoms with Gasteiger partial charge < -0.3 is 4.74 Å². The molecule has 1 aromatic carbocycles. The molecule has 0 unspecified atom stereocenters. The molecule has 0 saturated heterocycles. The fourth-order valence-corrected chi connectivity index (χ4v) is 2.97. The maximum absolute atomic E-state index is 13.0. The SMILES string of the molecule is Cc1cc(C(F)(F)F)c(C#N)c(SCCOc2ccccc2[N+](=O)[O-])n1. The number of nitrogens with zero attached hydrogens (tertiary/aromatic N) is 3. The number of thioether (sulfide) groups is 1. The van der Waals surface area contributed by atoms with Crippen LogP contribution in [0.1, 0.15) is 16.8 Å². The van der Waals surface area contributed by atoms with Crippen LogP contribution in [0.15, 0.2) is 35.4 Å². The number of aryl methyl sites for hydroxylation is 1. The summed E-state index contributed by atoms with van der Waals surface area (Å²) in [6.45, 7) is 1.40. The average molecular weight is 383 g/mol. The second-order valence-electron chi connectivity index (χ2n) is 5.02. The van der Waals surface area contributed by atoms with E-state index in [1.807, 2.05) is 0 Å². The van der Waals surface area contributed by atoms with Crippen molar-refractivity contribution >= 4 is 17.4 Å². The third kappa shape index (κ3) is 4.64. The molecule has 10 heteroatoms. The van der Waals surface area contributed by atoms with Gasteiger partial charge in [-0.3, -0.25) is 10.1 Å². The van der Waals surface area contributed by atoms with Crippen molar-refractivity contribution in [3.05, 3.63) is 57.3 Å². The Morgan fingerprint density at radius 3 is 2.69 bits per heavy atom. The maximum atomic E-state index is 13.0. The van der Waals surface area contributed by atoms with Gasteiger partial charge in [-0.1, -0.05) is 12.1 Å². The number of rotatable bonds is 6. The summed E-state index contributed by atoms with van der Waals surface area (Å²) in [7, 11) is 0. The molecule has 0 spiro atoms. The molecule has 1 heterocycles. The zero-order valence-corrected chi connectivity index (χ0v) is 14.2. The molecule has 0 N–H and O–H groups in total. The van der Waals surface area contributed by atoms with Crippen molar-refractivity contribution in [1.82, 2.24) is 4.98 Å². The summed E-state index contributed by atoms with van der Waals surface area (Å²) in [6.07, 6.45) is -4.66. The molecular weight excluding hydrogens is 371 g/mol. The van der Waals surface area contributed by atoms with Gasteiger partial charge in [0, 0.05) is 17.5 Å². The zero-order valence-electron chi connectivity index (χ0n) is 13.4. The van der Waals surface area contributed by atoms with Crippen LogP contribution in [0.3, 0.4) is 0 Å². The third-order valence-electron chi connectivity index (χ3n) is 3.17. The van der Waals surface area contributed by atoms with Crippen LogP contribution >= 0.6 is 11.8 Å². The van der Waals surface area contributed by atoms with E-state index in [-0.39, 0.29) is 34.5 Å². The summed E-state index contributed by atoms with van der Waals surface area (Å²) in [6, 6.07) is 8.15. The molecule has 26 heavy (non-hydrogen) atoms. The largest absolute Gasteiger partial charge is 0.486 e. The number of aromatic nitrogens is 1. The van der Waals surface area contributed by atoms with Gasteiger partial charge in [-0.25, -0.2) is 4.98 Å². The summed E-state index contributed by atoms with van der Waals surface area (Å²) in [5.74, 6) is 0.223. The van der Waals surface area contributed by atoms with Crippen LogP contribution in [0, 0.1) is 28.4 Å². The normalized spacial score (nSPS) is 11.0. The molecule has 0 saturated carbocycles. The summed E-state index contributed by atoms with van der Waals surface area (Å²) < 4.78 is 44.5. The fraction of sp³-hybridized carbons (Fsp3) is 0.250. The highest BCUT2D eigenvalue weighted by Crippen LogP contribution is 2.36. The molecule has 0 amide bonds. The first-order valence-electron chi connectivity index (χ1n) is 7.22. The third-order valence-corrected chi connectivity index (χ3v) is 4.11. The highest BCUT2D eigenvalue weighted by Gasteiger charge is 2.35. The minimum Gasteiger partial charge on any atom is -0.486 e. The Balaban J connectivity index is 2.11. The predicted octanol–water partition coefficient (Wildman–Crippen LogP) is 4.36. The molecule has 1 aromatic heterocycles. The number of hydrogen-bond donors (Lipinski definition) is 0. The first-order chi connectivity index (χ1) is 12.2. The van der Waals surface area contributed by atoms with Crippen LogP contribution in [0.4, 0.5) is 18.9 Å². The monoisotopic (exact) mass is 383 g/mol. The fourth-order valence-electron chi connectivity index (χ4n) is 2.10. The maximum Gasteiger partial charge on any atom is 0.417 e. The molecule has 0 aliphatic rings. The van der Waals surface area contributed by atoms with Gasteiger partial charge in [0.05, 0.1) is 22.7 Å². The lowest BCUT2D eigenvalue weighted by Gasteiger charge is -2.13. The molecule has 6 nitrogen and oxygen atoms in total. The molecule has 0 atom stereocenters. The highest BCUT2D eigenvalue weighted by atomic mass is 32.2. The van der Waals surface area contributed by atoms with Crippen molar-refractivity contribution < 1.29 is 22.8 Å². The van der Waals surface area contributed by atoms with Crippen molar-refractivity contribution in [2.75, 3.05) is 12.4 Å². The molecule has 136 valence electrons. The second-order valence-corrected chi connectivity index (χ2v) is 6.11. The van der Waals surface area contributed by atoms with E-state index >= 15 is 0 Å². The van der Waals surface area contributed by atoms with E-state index in [0.29, 0.717) is 0 Å². The smallest absolute Gasteiger partial charge is 0.417 e. The zero-order chi connectivity index (χ0) is 19.3. The predicted molar refractivity (Wildman–Crippen MR) is 88.0 cm³/mol. The summed E-state index contributed by atoms with van der Waals surface area (Å²) >= 11 is 0.921. The number of para-hydroxylation sites is 2. The number of hydrogen-bond acceptors (Lipinski definition) is 6. The van der Waals surface area contributed by atoms with Crippen molar-refractivity contribution in [2.45, 2.75) is 18.1 Å². The van der Waals surface area contributed by atoms with E-state index in [9.17, 15) is 23.3 Å². The summed E-state index contributed by atoms with van der Waals surface area (Å²) in [5.41, 5.74) is -1.64. The van der Waals surface area contributed by atoms with E-state index in [1.54, 1.807) is 12.1 Å². The number of nitriles is 1. The first-order valence-corrected chi connectivity index (χ1v) is 8.20.